The molecule has 6 heteroatoms. The van der Waals surface area contributed by atoms with Gasteiger partial charge in [-0.15, -0.1) is 0 Å². The predicted molar refractivity (Wildman–Crippen MR) is 286 cm³/mol. The highest BCUT2D eigenvalue weighted by Gasteiger charge is 2.61. The molecule has 0 heterocycles. The van der Waals surface area contributed by atoms with Crippen molar-refractivity contribution in [3.05, 3.63) is 55.5 Å². The van der Waals surface area contributed by atoms with Gasteiger partial charge in [-0.05, 0) is 227 Å². The van der Waals surface area contributed by atoms with Crippen LogP contribution in [-0.4, -0.2) is 24.1 Å². The number of carbonyl (C=O) groups is 2. The van der Waals surface area contributed by atoms with Crippen molar-refractivity contribution in [2.24, 2.45) is 92.7 Å². The Kier molecular flexibility index (Phi) is 15.2. The molecule has 6 fully saturated rings. The molecule has 0 amide bonds. The first-order valence-electron chi connectivity index (χ1n) is 28.6. The van der Waals surface area contributed by atoms with Gasteiger partial charge in [0.05, 0.1) is 11.1 Å². The molecule has 68 heavy (non-hydrogen) atoms. The molecule has 0 bridgehead atoms. The van der Waals surface area contributed by atoms with Crippen LogP contribution >= 0.6 is 31.9 Å². The van der Waals surface area contributed by atoms with E-state index in [1.54, 1.807) is 12.1 Å². The fourth-order valence-corrected chi connectivity index (χ4v) is 19.8. The lowest BCUT2D eigenvalue weighted by atomic mass is 9.47. The van der Waals surface area contributed by atoms with Gasteiger partial charge in [-0.25, -0.2) is 9.59 Å². The van der Waals surface area contributed by atoms with Crippen molar-refractivity contribution < 1.29 is 19.1 Å². The number of hydrogen-bond acceptors (Lipinski definition) is 4. The van der Waals surface area contributed by atoms with Gasteiger partial charge in [0.2, 0.25) is 0 Å². The monoisotopic (exact) mass is 1060 g/mol. The number of hydrogen-bond donors (Lipinski definition) is 0. The third kappa shape index (κ3) is 9.41. The van der Waals surface area contributed by atoms with E-state index >= 15 is 0 Å². The van der Waals surface area contributed by atoms with Gasteiger partial charge in [-0.2, -0.15) is 0 Å². The zero-order valence-electron chi connectivity index (χ0n) is 44.3. The summed E-state index contributed by atoms with van der Waals surface area (Å²) in [4.78, 5) is 27.9. The molecule has 8 aliphatic rings. The minimum atomic E-state index is -0.324. The van der Waals surface area contributed by atoms with Gasteiger partial charge in [-0.1, -0.05) is 131 Å². The van der Waals surface area contributed by atoms with Crippen LogP contribution in [0.15, 0.2) is 44.4 Å². The van der Waals surface area contributed by atoms with Crippen LogP contribution in [0.3, 0.4) is 0 Å². The molecule has 0 radical (unpaired) electrons. The number of carbonyl (C=O) groups excluding carboxylic acids is 2. The molecule has 9 rings (SSSR count). The second-order valence-electron chi connectivity index (χ2n) is 26.9. The summed E-state index contributed by atoms with van der Waals surface area (Å²) >= 11 is 7.37. The molecular weight excluding hydrogens is 968 g/mol. The fourth-order valence-electron chi connectivity index (χ4n) is 18.8. The van der Waals surface area contributed by atoms with Crippen LogP contribution in [0.5, 0.6) is 0 Å². The fraction of sp³-hybridized carbons (Fsp3) is 0.806. The quantitative estimate of drug-likeness (QED) is 0.138. The number of ether oxygens (including phenoxy) is 2. The minimum absolute atomic E-state index is 0.132. The SMILES string of the molecule is CC(C)CCC[C@@H](C)[C@H]1CC[C@H]2[C@@H]3CC=C4CC(OC(=O)c5cc(Br)c(C(=O)OC6CC[C@@]7(C)C(=CC[C@H]8[C@@H]9CC[C@H]([C@H](C)CCCC(C)C)[C@@]9(C)CC[C@@H]87)C6)cc5Br)CC[C@]4(C)[C@H]3CC[C@]12C. The first-order valence-corrected chi connectivity index (χ1v) is 30.1. The van der Waals surface area contributed by atoms with E-state index in [1.807, 2.05) is 0 Å². The summed E-state index contributed by atoms with van der Waals surface area (Å²) < 4.78 is 13.8. The van der Waals surface area contributed by atoms with Gasteiger partial charge < -0.3 is 9.47 Å². The minimum Gasteiger partial charge on any atom is -0.458 e. The molecule has 6 saturated carbocycles. The summed E-state index contributed by atoms with van der Waals surface area (Å²) in [5.41, 5.74) is 5.36. The Labute approximate surface area is 431 Å². The lowest BCUT2D eigenvalue weighted by Gasteiger charge is -2.58. The summed E-state index contributed by atoms with van der Waals surface area (Å²) in [5.74, 6) is 9.09. The Morgan fingerprint density at radius 1 is 0.544 bits per heavy atom. The molecule has 0 N–H and O–H groups in total. The summed E-state index contributed by atoms with van der Waals surface area (Å²) in [6.45, 7) is 25.1. The first kappa shape index (κ1) is 51.5. The third-order valence-corrected chi connectivity index (χ3v) is 23.9. The molecule has 8 aliphatic carbocycles. The third-order valence-electron chi connectivity index (χ3n) is 22.6. The highest BCUT2D eigenvalue weighted by atomic mass is 79.9. The number of esters is 2. The van der Waals surface area contributed by atoms with E-state index in [1.165, 1.54) is 114 Å². The van der Waals surface area contributed by atoms with Crippen LogP contribution < -0.4 is 0 Å². The predicted octanol–water partition coefficient (Wildman–Crippen LogP) is 18.3. The van der Waals surface area contributed by atoms with Crippen LogP contribution in [0, 0.1) is 92.7 Å². The normalized spacial score (nSPS) is 40.4. The van der Waals surface area contributed by atoms with Gasteiger partial charge in [0, 0.05) is 21.8 Å². The van der Waals surface area contributed by atoms with E-state index < -0.39 is 0 Å². The number of fused-ring (bicyclic) bond motifs is 10. The van der Waals surface area contributed by atoms with Gasteiger partial charge in [0.1, 0.15) is 12.2 Å². The molecule has 1 aromatic rings. The smallest absolute Gasteiger partial charge is 0.339 e. The van der Waals surface area contributed by atoms with Crippen LogP contribution in [0.25, 0.3) is 0 Å². The van der Waals surface area contributed by atoms with Crippen LogP contribution in [0.4, 0.5) is 0 Å². The zero-order chi connectivity index (χ0) is 48.5. The Balaban J connectivity index is 0.787. The Hall–Kier alpha value is -1.40. The number of rotatable bonds is 14. The van der Waals surface area contributed by atoms with Crippen LogP contribution in [0.2, 0.25) is 0 Å². The molecule has 4 nitrogen and oxygen atoms in total. The van der Waals surface area contributed by atoms with Gasteiger partial charge in [0.15, 0.2) is 0 Å². The van der Waals surface area contributed by atoms with E-state index in [0.29, 0.717) is 30.9 Å². The average Bonchev–Trinajstić information content (AvgIpc) is 3.84. The largest absolute Gasteiger partial charge is 0.458 e. The van der Waals surface area contributed by atoms with Crippen LogP contribution in [0.1, 0.15) is 231 Å². The van der Waals surface area contributed by atoms with Gasteiger partial charge >= 0.3 is 11.9 Å². The second kappa shape index (κ2) is 20.1. The molecule has 0 spiro atoms. The summed E-state index contributed by atoms with van der Waals surface area (Å²) in [6.07, 6.45) is 32.3. The van der Waals surface area contributed by atoms with E-state index in [-0.39, 0.29) is 35.0 Å². The lowest BCUT2D eigenvalue weighted by molar-refractivity contribution is -0.0595. The summed E-state index contributed by atoms with van der Waals surface area (Å²) in [7, 11) is 0. The van der Waals surface area contributed by atoms with E-state index in [2.05, 4.69) is 113 Å². The molecule has 0 saturated heterocycles. The van der Waals surface area contributed by atoms with Crippen molar-refractivity contribution in [1.82, 2.24) is 0 Å². The molecule has 0 aliphatic heterocycles. The van der Waals surface area contributed by atoms with E-state index in [9.17, 15) is 9.59 Å². The molecule has 0 aromatic heterocycles. The maximum atomic E-state index is 13.9. The highest BCUT2D eigenvalue weighted by Crippen LogP contribution is 2.69. The molecule has 2 unspecified atom stereocenters. The van der Waals surface area contributed by atoms with Crippen molar-refractivity contribution >= 4 is 43.8 Å². The maximum absolute atomic E-state index is 13.9. The van der Waals surface area contributed by atoms with Crippen LogP contribution in [-0.2, 0) is 9.47 Å². The Morgan fingerprint density at radius 3 is 1.32 bits per heavy atom. The van der Waals surface area contributed by atoms with Gasteiger partial charge in [0.25, 0.3) is 0 Å². The molecular formula is C62H92Br2O4. The second-order valence-corrected chi connectivity index (χ2v) is 28.6. The lowest BCUT2D eigenvalue weighted by Crippen LogP contribution is -2.51. The molecule has 16 atom stereocenters. The first-order chi connectivity index (χ1) is 32.3. The number of allylic oxidation sites excluding steroid dienone is 2. The Morgan fingerprint density at radius 2 is 0.941 bits per heavy atom. The Bertz CT molecular complexity index is 1940. The van der Waals surface area contributed by atoms with Crippen molar-refractivity contribution in [2.45, 2.75) is 223 Å². The van der Waals surface area contributed by atoms with Crippen molar-refractivity contribution in [3.8, 4) is 0 Å². The van der Waals surface area contributed by atoms with Crippen molar-refractivity contribution in [2.75, 3.05) is 0 Å². The molecule has 1 aromatic carbocycles. The van der Waals surface area contributed by atoms with Crippen molar-refractivity contribution in [1.29, 1.82) is 0 Å². The van der Waals surface area contributed by atoms with Crippen molar-refractivity contribution in [3.63, 3.8) is 0 Å². The number of benzene rings is 1. The summed E-state index contributed by atoms with van der Waals surface area (Å²) in [6, 6.07) is 3.52. The average molecular weight is 1060 g/mol. The van der Waals surface area contributed by atoms with E-state index in [4.69, 9.17) is 9.47 Å². The maximum Gasteiger partial charge on any atom is 0.339 e. The molecule has 378 valence electrons. The number of halogens is 2. The van der Waals surface area contributed by atoms with Gasteiger partial charge in [-0.3, -0.25) is 0 Å². The highest BCUT2D eigenvalue weighted by molar-refractivity contribution is 9.11. The van der Waals surface area contributed by atoms with E-state index in [0.717, 1.165) is 110 Å². The topological polar surface area (TPSA) is 52.6 Å². The zero-order valence-corrected chi connectivity index (χ0v) is 47.5. The standard InChI is InChI=1S/C62H92Br2O4/c1-37(2)13-11-15-39(5)49-21-23-51-45-19-17-41-33-43(25-29-59(41,7)53(45)27-31-61(49,51)9)67-57(65)47-35-56(64)48(36-55(47)63)58(66)68-44-26-30-60(8)42(34-44)18-20-46-52-24-22-50(40(6)16-12-14-38(3)4)62(52,10)32-28-54(46)60/h17-18,35-40,43-46,49-54H,11-16,19-34H2,1-10H3/t39-,40-,43?,44?,45+,46+,49-,50-,51+,52+,53+,54+,59+,60+,61-,62-/m1/s1. The summed E-state index contributed by atoms with van der Waals surface area (Å²) in [5, 5.41) is 0.